The molecule has 1 aromatic rings. The number of nitrogens with two attached hydrogens (primary N) is 1. The number of primary amides is 1. The molecule has 0 saturated carbocycles. The van der Waals surface area contributed by atoms with Gasteiger partial charge in [0.15, 0.2) is 11.6 Å². The van der Waals surface area contributed by atoms with E-state index < -0.39 is 76.5 Å². The average Bonchev–Trinajstić information content (AvgIpc) is 2.68. The van der Waals surface area contributed by atoms with Gasteiger partial charge in [-0.2, -0.15) is 0 Å². The molecule has 2 aliphatic carbocycles. The highest BCUT2D eigenvalue weighted by molar-refractivity contribution is 6.21. The highest BCUT2D eigenvalue weighted by Crippen LogP contribution is 2.45. The number of ketones is 2. The van der Waals surface area contributed by atoms with Crippen LogP contribution in [0.1, 0.15) is 22.3 Å². The monoisotopic (exact) mass is 444 g/mol. The molecule has 0 spiro atoms. The molecule has 1 amide bonds. The normalized spacial score (nSPS) is 31.3. The summed E-state index contributed by atoms with van der Waals surface area (Å²) < 4.78 is 0. The number of phenols is 1. The van der Waals surface area contributed by atoms with Crippen molar-refractivity contribution in [1.29, 1.82) is 0 Å². The number of fused-ring (bicyclic) bond motifs is 2. The van der Waals surface area contributed by atoms with Gasteiger partial charge in [-0.1, -0.05) is 18.7 Å². The SMILES string of the molecule is C=C1c2cccc(O)c2C(=O)/C2=C(\O)CC(=O)/C(C(N)=O)=C(/O)[C@@H](N(C)C)[C@@H](O)[C@@H](O)[C@H]12. The van der Waals surface area contributed by atoms with E-state index in [-0.39, 0.29) is 16.7 Å². The Labute approximate surface area is 183 Å². The fourth-order valence-corrected chi connectivity index (χ4v) is 4.34. The third-order valence-electron chi connectivity index (χ3n) is 5.82. The van der Waals surface area contributed by atoms with E-state index in [2.05, 4.69) is 6.58 Å². The summed E-state index contributed by atoms with van der Waals surface area (Å²) >= 11 is 0. The lowest BCUT2D eigenvalue weighted by atomic mass is 9.70. The second-order valence-electron chi connectivity index (χ2n) is 8.01. The number of allylic oxidation sites excluding steroid dienone is 1. The molecular formula is C22H24N2O8. The van der Waals surface area contributed by atoms with Crippen LogP contribution in [0.4, 0.5) is 0 Å². The van der Waals surface area contributed by atoms with Gasteiger partial charge in [0.1, 0.15) is 28.9 Å². The predicted octanol–water partition coefficient (Wildman–Crippen LogP) is -0.0478. The Morgan fingerprint density at radius 2 is 1.75 bits per heavy atom. The number of rotatable bonds is 2. The summed E-state index contributed by atoms with van der Waals surface area (Å²) in [6.45, 7) is 3.89. The van der Waals surface area contributed by atoms with E-state index in [9.17, 15) is 39.9 Å². The molecule has 1 aromatic carbocycles. The van der Waals surface area contributed by atoms with E-state index in [0.717, 1.165) is 0 Å². The van der Waals surface area contributed by atoms with Crippen molar-refractivity contribution in [2.75, 3.05) is 14.1 Å². The van der Waals surface area contributed by atoms with Crippen LogP contribution in [0.5, 0.6) is 5.75 Å². The topological polar surface area (TPSA) is 182 Å². The molecule has 0 bridgehead atoms. The molecular weight excluding hydrogens is 420 g/mol. The molecule has 0 radical (unpaired) electrons. The van der Waals surface area contributed by atoms with E-state index in [4.69, 9.17) is 5.73 Å². The minimum absolute atomic E-state index is 0.104. The van der Waals surface area contributed by atoms with Crippen LogP contribution in [-0.4, -0.2) is 80.3 Å². The Bertz CT molecular complexity index is 1100. The van der Waals surface area contributed by atoms with Crippen LogP contribution < -0.4 is 5.73 Å². The largest absolute Gasteiger partial charge is 0.511 e. The van der Waals surface area contributed by atoms with Crippen LogP contribution in [0.15, 0.2) is 47.4 Å². The van der Waals surface area contributed by atoms with Crippen LogP contribution in [-0.2, 0) is 9.59 Å². The zero-order chi connectivity index (χ0) is 24.1. The number of hydrogen-bond acceptors (Lipinski definition) is 9. The Kier molecular flexibility index (Phi) is 5.96. The van der Waals surface area contributed by atoms with Crippen molar-refractivity contribution >= 4 is 23.0 Å². The maximum absolute atomic E-state index is 13.3. The lowest BCUT2D eigenvalue weighted by molar-refractivity contribution is -0.121. The first kappa shape index (κ1) is 23.2. The highest BCUT2D eigenvalue weighted by atomic mass is 16.3. The standard InChI is InChI=1S/C22H24N2O8/c1-8-9-5-4-6-10(25)14(9)18(28)15-11(26)7-12(27)16(22(23)32)19(29)17(24(2)3)21(31)20(30)13(8)15/h4-6,13,17,20-21,25-26,29-31H,1,7H2,2-3H3,(H2,23,32)/b15-11-,19-16-/t13-,17-,20+,21-/m1/s1. The van der Waals surface area contributed by atoms with Gasteiger partial charge in [-0.15, -0.1) is 0 Å². The van der Waals surface area contributed by atoms with Crippen LogP contribution in [0.25, 0.3) is 5.57 Å². The van der Waals surface area contributed by atoms with Gasteiger partial charge < -0.3 is 31.3 Å². The predicted molar refractivity (Wildman–Crippen MR) is 113 cm³/mol. The maximum Gasteiger partial charge on any atom is 0.255 e. The quantitative estimate of drug-likeness (QED) is 0.341. The van der Waals surface area contributed by atoms with Gasteiger partial charge in [0.2, 0.25) is 0 Å². The van der Waals surface area contributed by atoms with Gasteiger partial charge in [0, 0.05) is 11.5 Å². The van der Waals surface area contributed by atoms with Gasteiger partial charge in [0.25, 0.3) is 5.91 Å². The van der Waals surface area contributed by atoms with Crippen molar-refractivity contribution in [2.24, 2.45) is 11.7 Å². The number of nitrogens with zero attached hydrogens (tertiary/aromatic N) is 1. The second kappa shape index (κ2) is 8.23. The number of aliphatic hydroxyl groups excluding tert-OH is 4. The van der Waals surface area contributed by atoms with E-state index in [1.807, 2.05) is 0 Å². The number of hydrogen-bond donors (Lipinski definition) is 6. The lowest BCUT2D eigenvalue weighted by Gasteiger charge is -2.39. The molecule has 0 aromatic heterocycles. The Morgan fingerprint density at radius 3 is 2.31 bits per heavy atom. The summed E-state index contributed by atoms with van der Waals surface area (Å²) in [5, 5.41) is 53.7. The van der Waals surface area contributed by atoms with Crippen molar-refractivity contribution in [3.8, 4) is 5.75 Å². The first-order valence-corrected chi connectivity index (χ1v) is 9.66. The molecule has 0 saturated heterocycles. The first-order valence-electron chi connectivity index (χ1n) is 9.66. The van der Waals surface area contributed by atoms with Crippen molar-refractivity contribution < 1.29 is 39.9 Å². The van der Waals surface area contributed by atoms with Crippen LogP contribution in [0.2, 0.25) is 0 Å². The Balaban J connectivity index is 2.34. The molecule has 10 nitrogen and oxygen atoms in total. The number of carbonyl (C=O) groups excluding carboxylic acids is 3. The van der Waals surface area contributed by atoms with Crippen molar-refractivity contribution in [3.05, 3.63) is 58.6 Å². The number of aliphatic hydroxyl groups is 4. The zero-order valence-electron chi connectivity index (χ0n) is 17.4. The molecule has 0 unspecified atom stereocenters. The van der Waals surface area contributed by atoms with Crippen molar-refractivity contribution in [2.45, 2.75) is 24.7 Å². The van der Waals surface area contributed by atoms with E-state index in [0.29, 0.717) is 0 Å². The Morgan fingerprint density at radius 1 is 1.12 bits per heavy atom. The van der Waals surface area contributed by atoms with Gasteiger partial charge >= 0.3 is 0 Å². The summed E-state index contributed by atoms with van der Waals surface area (Å²) in [6.07, 6.45) is -4.54. The summed E-state index contributed by atoms with van der Waals surface area (Å²) in [7, 11) is 2.85. The average molecular weight is 444 g/mol. The molecule has 0 fully saturated rings. The van der Waals surface area contributed by atoms with Gasteiger partial charge in [-0.05, 0) is 31.3 Å². The van der Waals surface area contributed by atoms with E-state index in [1.54, 1.807) is 0 Å². The third-order valence-corrected chi connectivity index (χ3v) is 5.82. The van der Waals surface area contributed by atoms with Gasteiger partial charge in [-0.3, -0.25) is 19.3 Å². The van der Waals surface area contributed by atoms with Gasteiger partial charge in [0.05, 0.1) is 24.1 Å². The summed E-state index contributed by atoms with van der Waals surface area (Å²) in [6, 6.07) is 2.75. The van der Waals surface area contributed by atoms with Crippen LogP contribution in [0.3, 0.4) is 0 Å². The minimum atomic E-state index is -1.85. The van der Waals surface area contributed by atoms with E-state index >= 15 is 0 Å². The van der Waals surface area contributed by atoms with Crippen LogP contribution in [0, 0.1) is 5.92 Å². The molecule has 2 aliphatic rings. The highest BCUT2D eigenvalue weighted by Gasteiger charge is 2.47. The number of amides is 1. The summed E-state index contributed by atoms with van der Waals surface area (Å²) in [5.41, 5.74) is 4.06. The smallest absolute Gasteiger partial charge is 0.255 e. The summed E-state index contributed by atoms with van der Waals surface area (Å²) in [5.74, 6) is -6.71. The number of likely N-dealkylation sites (N-methyl/N-ethyl adjacent to an activating group) is 1. The molecule has 170 valence electrons. The van der Waals surface area contributed by atoms with Crippen molar-refractivity contribution in [1.82, 2.24) is 4.90 Å². The molecule has 10 heteroatoms. The second-order valence-corrected chi connectivity index (χ2v) is 8.01. The number of aromatic hydroxyl groups is 1. The zero-order valence-corrected chi connectivity index (χ0v) is 17.4. The molecule has 0 heterocycles. The molecule has 7 N–H and O–H groups in total. The molecule has 32 heavy (non-hydrogen) atoms. The first-order chi connectivity index (χ1) is 14.9. The molecule has 3 rings (SSSR count). The van der Waals surface area contributed by atoms with Crippen molar-refractivity contribution in [3.63, 3.8) is 0 Å². The number of benzene rings is 1. The number of carbonyl (C=O) groups is 3. The molecule has 0 aliphatic heterocycles. The van der Waals surface area contributed by atoms with Gasteiger partial charge in [-0.25, -0.2) is 0 Å². The lowest BCUT2D eigenvalue weighted by Crippen LogP contribution is -2.52. The minimum Gasteiger partial charge on any atom is -0.511 e. The fraction of sp³-hybridized carbons (Fsp3) is 0.318. The number of phenolic OH excluding ortho intramolecular Hbond substituents is 1. The number of Topliss-reactive ketones (excluding diaryl/α,β-unsaturated/α-hetero) is 2. The summed E-state index contributed by atoms with van der Waals surface area (Å²) in [4.78, 5) is 39.2. The Hall–Kier alpha value is -3.47. The van der Waals surface area contributed by atoms with E-state index in [1.165, 1.54) is 37.2 Å². The fourth-order valence-electron chi connectivity index (χ4n) is 4.34. The molecule has 4 atom stereocenters. The maximum atomic E-state index is 13.3. The third kappa shape index (κ3) is 3.48. The van der Waals surface area contributed by atoms with Crippen LogP contribution >= 0.6 is 0 Å².